The molecule has 0 saturated carbocycles. The highest BCUT2D eigenvalue weighted by atomic mass is 16.5. The molecule has 1 atom stereocenters. The van der Waals surface area contributed by atoms with Crippen LogP contribution < -0.4 is 10.6 Å². The van der Waals surface area contributed by atoms with Crippen LogP contribution >= 0.6 is 0 Å². The molecule has 1 aromatic rings. The Morgan fingerprint density at radius 3 is 2.44 bits per heavy atom. The van der Waals surface area contributed by atoms with Gasteiger partial charge in [0.05, 0.1) is 19.8 Å². The van der Waals surface area contributed by atoms with E-state index in [1.54, 1.807) is 29.2 Å². The average Bonchev–Trinajstić information content (AvgIpc) is 2.69. The summed E-state index contributed by atoms with van der Waals surface area (Å²) < 4.78 is 5.25. The number of ether oxygens (including phenoxy) is 1. The standard InChI is InChI=1S/C19H27N3O5/c1-2-3-16(19(25)26)20-13-17(23)21-12-14-4-6-15(7-5-14)18(24)22-8-10-27-11-9-22/h4-7,16,20H,2-3,8-13H2,1H3,(H,21,23)(H,25,26). The number of carboxylic acid groups (broad SMARTS) is 1. The lowest BCUT2D eigenvalue weighted by atomic mass is 10.1. The van der Waals surface area contributed by atoms with Crippen molar-refractivity contribution in [1.29, 1.82) is 0 Å². The van der Waals surface area contributed by atoms with Crippen molar-refractivity contribution in [2.45, 2.75) is 32.4 Å². The maximum absolute atomic E-state index is 12.4. The summed E-state index contributed by atoms with van der Waals surface area (Å²) in [6, 6.07) is 6.39. The van der Waals surface area contributed by atoms with Crippen LogP contribution in [0.15, 0.2) is 24.3 Å². The number of rotatable bonds is 9. The Bertz CT molecular complexity index is 641. The minimum atomic E-state index is -0.954. The zero-order valence-corrected chi connectivity index (χ0v) is 15.6. The molecule has 0 aromatic heterocycles. The first-order valence-electron chi connectivity index (χ1n) is 9.20. The number of carboxylic acids is 1. The number of hydrogen-bond donors (Lipinski definition) is 3. The maximum Gasteiger partial charge on any atom is 0.320 e. The number of hydrogen-bond acceptors (Lipinski definition) is 5. The molecule has 2 rings (SSSR count). The van der Waals surface area contributed by atoms with Crippen LogP contribution in [-0.2, 0) is 20.9 Å². The van der Waals surface area contributed by atoms with E-state index >= 15 is 0 Å². The van der Waals surface area contributed by atoms with E-state index in [4.69, 9.17) is 9.84 Å². The molecule has 1 aromatic carbocycles. The minimum Gasteiger partial charge on any atom is -0.480 e. The zero-order valence-electron chi connectivity index (χ0n) is 15.6. The van der Waals surface area contributed by atoms with Gasteiger partial charge in [-0.1, -0.05) is 25.5 Å². The fraction of sp³-hybridized carbons (Fsp3) is 0.526. The van der Waals surface area contributed by atoms with Gasteiger partial charge >= 0.3 is 5.97 Å². The molecule has 1 heterocycles. The number of amides is 2. The topological polar surface area (TPSA) is 108 Å². The Morgan fingerprint density at radius 2 is 1.85 bits per heavy atom. The van der Waals surface area contributed by atoms with Crippen molar-refractivity contribution < 1.29 is 24.2 Å². The van der Waals surface area contributed by atoms with Crippen molar-refractivity contribution in [2.75, 3.05) is 32.8 Å². The molecular weight excluding hydrogens is 350 g/mol. The number of benzene rings is 1. The van der Waals surface area contributed by atoms with E-state index in [9.17, 15) is 14.4 Å². The van der Waals surface area contributed by atoms with Gasteiger partial charge in [0.1, 0.15) is 6.04 Å². The molecule has 0 aliphatic carbocycles. The normalized spacial score (nSPS) is 15.2. The van der Waals surface area contributed by atoms with E-state index < -0.39 is 12.0 Å². The molecule has 1 saturated heterocycles. The van der Waals surface area contributed by atoms with Crippen molar-refractivity contribution in [1.82, 2.24) is 15.5 Å². The van der Waals surface area contributed by atoms with Crippen LogP contribution in [0, 0.1) is 0 Å². The number of aliphatic carboxylic acids is 1. The highest BCUT2D eigenvalue weighted by Crippen LogP contribution is 2.09. The molecule has 0 bridgehead atoms. The Labute approximate surface area is 158 Å². The molecular formula is C19H27N3O5. The van der Waals surface area contributed by atoms with Crippen LogP contribution in [0.25, 0.3) is 0 Å². The Balaban J connectivity index is 1.78. The van der Waals surface area contributed by atoms with Gasteiger partial charge in [0.15, 0.2) is 0 Å². The van der Waals surface area contributed by atoms with Gasteiger partial charge in [0.25, 0.3) is 5.91 Å². The second-order valence-corrected chi connectivity index (χ2v) is 6.44. The SMILES string of the molecule is CCCC(NCC(=O)NCc1ccc(C(=O)N2CCOCC2)cc1)C(=O)O. The molecule has 148 valence electrons. The van der Waals surface area contributed by atoms with Gasteiger partial charge in [-0.3, -0.25) is 19.7 Å². The predicted molar refractivity (Wildman–Crippen MR) is 99.3 cm³/mol. The molecule has 1 fully saturated rings. The first-order chi connectivity index (χ1) is 13.0. The summed E-state index contributed by atoms with van der Waals surface area (Å²) in [6.07, 6.45) is 1.20. The van der Waals surface area contributed by atoms with E-state index in [1.807, 2.05) is 6.92 Å². The third kappa shape index (κ3) is 6.65. The Kier molecular flexibility index (Phi) is 8.22. The summed E-state index contributed by atoms with van der Waals surface area (Å²) in [6.45, 7) is 4.47. The van der Waals surface area contributed by atoms with E-state index in [2.05, 4.69) is 10.6 Å². The van der Waals surface area contributed by atoms with Crippen LogP contribution in [-0.4, -0.2) is 66.7 Å². The first kappa shape index (κ1) is 20.9. The van der Waals surface area contributed by atoms with E-state index in [0.717, 1.165) is 12.0 Å². The fourth-order valence-corrected chi connectivity index (χ4v) is 2.79. The van der Waals surface area contributed by atoms with E-state index in [0.29, 0.717) is 44.8 Å². The van der Waals surface area contributed by atoms with Gasteiger partial charge in [-0.05, 0) is 24.1 Å². The zero-order chi connectivity index (χ0) is 19.6. The monoisotopic (exact) mass is 377 g/mol. The van der Waals surface area contributed by atoms with Gasteiger partial charge in [-0.25, -0.2) is 0 Å². The molecule has 1 aliphatic heterocycles. The van der Waals surface area contributed by atoms with Crippen molar-refractivity contribution in [3.8, 4) is 0 Å². The van der Waals surface area contributed by atoms with Gasteiger partial charge in [0, 0.05) is 25.2 Å². The number of carbonyl (C=O) groups excluding carboxylic acids is 2. The van der Waals surface area contributed by atoms with Crippen LogP contribution in [0.3, 0.4) is 0 Å². The minimum absolute atomic E-state index is 0.0197. The molecule has 1 unspecified atom stereocenters. The third-order valence-electron chi connectivity index (χ3n) is 4.37. The summed E-state index contributed by atoms with van der Waals surface area (Å²) in [5, 5.41) is 14.5. The highest BCUT2D eigenvalue weighted by Gasteiger charge is 2.18. The van der Waals surface area contributed by atoms with Crippen molar-refractivity contribution in [2.24, 2.45) is 0 Å². The van der Waals surface area contributed by atoms with Gasteiger partial charge in [-0.2, -0.15) is 0 Å². The smallest absolute Gasteiger partial charge is 0.320 e. The van der Waals surface area contributed by atoms with E-state index in [1.165, 1.54) is 0 Å². The Morgan fingerprint density at radius 1 is 1.19 bits per heavy atom. The lowest BCUT2D eigenvalue weighted by Gasteiger charge is -2.26. The second-order valence-electron chi connectivity index (χ2n) is 6.44. The second kappa shape index (κ2) is 10.6. The van der Waals surface area contributed by atoms with Crippen molar-refractivity contribution in [3.63, 3.8) is 0 Å². The number of morpholine rings is 1. The predicted octanol–water partition coefficient (Wildman–Crippen LogP) is 0.618. The van der Waals surface area contributed by atoms with Gasteiger partial charge in [0.2, 0.25) is 5.91 Å². The van der Waals surface area contributed by atoms with Crippen LogP contribution in [0.1, 0.15) is 35.7 Å². The number of carbonyl (C=O) groups is 3. The van der Waals surface area contributed by atoms with Crippen LogP contribution in [0.2, 0.25) is 0 Å². The lowest BCUT2D eigenvalue weighted by molar-refractivity contribution is -0.139. The first-order valence-corrected chi connectivity index (χ1v) is 9.20. The van der Waals surface area contributed by atoms with Gasteiger partial charge in [-0.15, -0.1) is 0 Å². The molecule has 1 aliphatic rings. The van der Waals surface area contributed by atoms with Gasteiger partial charge < -0.3 is 20.1 Å². The Hall–Kier alpha value is -2.45. The summed E-state index contributed by atoms with van der Waals surface area (Å²) in [5.41, 5.74) is 1.47. The van der Waals surface area contributed by atoms with Crippen LogP contribution in [0.5, 0.6) is 0 Å². The summed E-state index contributed by atoms with van der Waals surface area (Å²) in [4.78, 5) is 37.1. The average molecular weight is 377 g/mol. The van der Waals surface area contributed by atoms with E-state index in [-0.39, 0.29) is 18.4 Å². The molecule has 0 spiro atoms. The number of nitrogens with one attached hydrogen (secondary N) is 2. The molecule has 2 amide bonds. The fourth-order valence-electron chi connectivity index (χ4n) is 2.79. The summed E-state index contributed by atoms with van der Waals surface area (Å²) in [7, 11) is 0. The summed E-state index contributed by atoms with van der Waals surface area (Å²) >= 11 is 0. The number of nitrogens with zero attached hydrogens (tertiary/aromatic N) is 1. The van der Waals surface area contributed by atoms with Crippen molar-refractivity contribution >= 4 is 17.8 Å². The highest BCUT2D eigenvalue weighted by molar-refractivity contribution is 5.94. The molecule has 3 N–H and O–H groups in total. The van der Waals surface area contributed by atoms with Crippen LogP contribution in [0.4, 0.5) is 0 Å². The molecule has 8 nitrogen and oxygen atoms in total. The summed E-state index contributed by atoms with van der Waals surface area (Å²) in [5.74, 6) is -1.25. The molecule has 8 heteroatoms. The largest absolute Gasteiger partial charge is 0.480 e. The quantitative estimate of drug-likeness (QED) is 0.582. The third-order valence-corrected chi connectivity index (χ3v) is 4.37. The van der Waals surface area contributed by atoms with Crippen molar-refractivity contribution in [3.05, 3.63) is 35.4 Å². The molecule has 27 heavy (non-hydrogen) atoms. The maximum atomic E-state index is 12.4. The lowest BCUT2D eigenvalue weighted by Crippen LogP contribution is -2.42. The molecule has 0 radical (unpaired) electrons.